The van der Waals surface area contributed by atoms with Crippen LogP contribution >= 0.6 is 0 Å². The van der Waals surface area contributed by atoms with Gasteiger partial charge in [-0.3, -0.25) is 9.69 Å². The van der Waals surface area contributed by atoms with Crippen molar-refractivity contribution in [1.82, 2.24) is 4.90 Å². The van der Waals surface area contributed by atoms with Gasteiger partial charge in [0, 0.05) is 18.6 Å². The first-order valence-corrected chi connectivity index (χ1v) is 6.09. The van der Waals surface area contributed by atoms with Crippen LogP contribution in [0.25, 0.3) is 0 Å². The largest absolute Gasteiger partial charge is 0.396 e. The first-order valence-electron chi connectivity index (χ1n) is 6.09. The van der Waals surface area contributed by atoms with E-state index in [1.54, 1.807) is 6.08 Å². The number of aliphatic hydroxyl groups is 1. The predicted octanol–water partition coefficient (Wildman–Crippen LogP) is 1.76. The summed E-state index contributed by atoms with van der Waals surface area (Å²) in [7, 11) is 4.09. The van der Waals surface area contributed by atoms with Gasteiger partial charge in [-0.2, -0.15) is 0 Å². The second kappa shape index (κ2) is 5.60. The summed E-state index contributed by atoms with van der Waals surface area (Å²) in [5.74, 6) is 0.232. The second-order valence-corrected chi connectivity index (χ2v) is 4.82. The lowest BCUT2D eigenvalue weighted by Crippen LogP contribution is -2.44. The Balaban J connectivity index is 2.89. The van der Waals surface area contributed by atoms with Crippen molar-refractivity contribution < 1.29 is 9.90 Å². The minimum absolute atomic E-state index is 0.0823. The number of rotatable bonds is 6. The fourth-order valence-corrected chi connectivity index (χ4v) is 2.69. The zero-order valence-electron chi connectivity index (χ0n) is 10.6. The first-order chi connectivity index (χ1) is 7.56. The molecule has 0 radical (unpaired) electrons. The van der Waals surface area contributed by atoms with Crippen molar-refractivity contribution >= 4 is 5.78 Å². The van der Waals surface area contributed by atoms with E-state index in [0.29, 0.717) is 6.42 Å². The number of hydrogen-bond donors (Lipinski definition) is 1. The molecule has 0 aromatic rings. The Labute approximate surface area is 98.1 Å². The molecule has 3 nitrogen and oxygen atoms in total. The minimum atomic E-state index is -0.0823. The van der Waals surface area contributed by atoms with Crippen molar-refractivity contribution in [2.24, 2.45) is 0 Å². The van der Waals surface area contributed by atoms with Gasteiger partial charge in [0.15, 0.2) is 5.78 Å². The third-order valence-electron chi connectivity index (χ3n) is 3.52. The highest BCUT2D eigenvalue weighted by Crippen LogP contribution is 2.39. The third-order valence-corrected chi connectivity index (χ3v) is 3.52. The van der Waals surface area contributed by atoms with Gasteiger partial charge in [-0.1, -0.05) is 13.3 Å². The summed E-state index contributed by atoms with van der Waals surface area (Å²) in [4.78, 5) is 13.8. The summed E-state index contributed by atoms with van der Waals surface area (Å²) >= 11 is 0. The van der Waals surface area contributed by atoms with Gasteiger partial charge in [-0.05, 0) is 45.0 Å². The van der Waals surface area contributed by atoms with Gasteiger partial charge in [0.25, 0.3) is 0 Å². The van der Waals surface area contributed by atoms with E-state index in [4.69, 9.17) is 5.11 Å². The fourth-order valence-electron chi connectivity index (χ4n) is 2.69. The molecular weight excluding hydrogens is 202 g/mol. The molecule has 0 aromatic heterocycles. The number of likely N-dealkylation sites (N-methyl/N-ethyl adjacent to an activating group) is 1. The van der Waals surface area contributed by atoms with Crippen LogP contribution in [0.3, 0.4) is 0 Å². The molecule has 0 saturated heterocycles. The molecule has 92 valence electrons. The third kappa shape index (κ3) is 2.53. The topological polar surface area (TPSA) is 40.5 Å². The Hall–Kier alpha value is -0.670. The number of carbonyl (C=O) groups is 1. The summed E-state index contributed by atoms with van der Waals surface area (Å²) < 4.78 is 0. The van der Waals surface area contributed by atoms with Gasteiger partial charge >= 0.3 is 0 Å². The highest BCUT2D eigenvalue weighted by atomic mass is 16.2. The van der Waals surface area contributed by atoms with Crippen molar-refractivity contribution in [3.63, 3.8) is 0 Å². The number of hydrogen-bond acceptors (Lipinski definition) is 3. The van der Waals surface area contributed by atoms with Crippen LogP contribution in [0.2, 0.25) is 0 Å². The molecule has 0 aromatic carbocycles. The van der Waals surface area contributed by atoms with Gasteiger partial charge in [0.1, 0.15) is 0 Å². The molecule has 0 spiro atoms. The zero-order valence-corrected chi connectivity index (χ0v) is 10.6. The standard InChI is InChI=1S/C13H23NO2/c1-4-7-13(14(2)3)10-12(16)9-11(13)6-5-8-15/h9,15H,4-8,10H2,1-3H3. The fraction of sp³-hybridized carbons (Fsp3) is 0.769. The van der Waals surface area contributed by atoms with E-state index in [-0.39, 0.29) is 17.9 Å². The summed E-state index contributed by atoms with van der Waals surface area (Å²) in [5, 5.41) is 8.91. The Bertz CT molecular complexity index is 284. The number of ketones is 1. The normalized spacial score (nSPS) is 25.3. The highest BCUT2D eigenvalue weighted by Gasteiger charge is 2.41. The quantitative estimate of drug-likeness (QED) is 0.749. The number of allylic oxidation sites excluding steroid dienone is 1. The summed E-state index contributed by atoms with van der Waals surface area (Å²) in [5.41, 5.74) is 1.12. The van der Waals surface area contributed by atoms with Crippen molar-refractivity contribution in [3.05, 3.63) is 11.6 Å². The smallest absolute Gasteiger partial charge is 0.157 e. The molecule has 0 fully saturated rings. The van der Waals surface area contributed by atoms with E-state index in [9.17, 15) is 4.79 Å². The Morgan fingerprint density at radius 3 is 2.69 bits per heavy atom. The van der Waals surface area contributed by atoms with Crippen molar-refractivity contribution in [2.45, 2.75) is 44.6 Å². The number of nitrogens with zero attached hydrogens (tertiary/aromatic N) is 1. The summed E-state index contributed by atoms with van der Waals surface area (Å²) in [6.07, 6.45) is 6.07. The summed E-state index contributed by atoms with van der Waals surface area (Å²) in [6.45, 7) is 2.35. The Kier molecular flexibility index (Phi) is 4.69. The van der Waals surface area contributed by atoms with Gasteiger partial charge in [0.05, 0.1) is 0 Å². The van der Waals surface area contributed by atoms with Crippen LogP contribution in [0.15, 0.2) is 11.6 Å². The maximum Gasteiger partial charge on any atom is 0.157 e. The lowest BCUT2D eigenvalue weighted by Gasteiger charge is -2.38. The molecule has 0 aliphatic heterocycles. The van der Waals surface area contributed by atoms with Crippen LogP contribution in [-0.2, 0) is 4.79 Å². The van der Waals surface area contributed by atoms with E-state index in [2.05, 4.69) is 11.8 Å². The molecule has 1 rings (SSSR count). The van der Waals surface area contributed by atoms with E-state index in [1.165, 1.54) is 5.57 Å². The molecule has 1 N–H and O–H groups in total. The van der Waals surface area contributed by atoms with Gasteiger partial charge in [0.2, 0.25) is 0 Å². The van der Waals surface area contributed by atoms with E-state index in [0.717, 1.165) is 25.7 Å². The molecular formula is C13H23NO2. The number of carbonyl (C=O) groups excluding carboxylic acids is 1. The van der Waals surface area contributed by atoms with E-state index < -0.39 is 0 Å². The Morgan fingerprint density at radius 1 is 1.50 bits per heavy atom. The molecule has 1 unspecified atom stereocenters. The van der Waals surface area contributed by atoms with E-state index >= 15 is 0 Å². The Morgan fingerprint density at radius 2 is 2.19 bits per heavy atom. The van der Waals surface area contributed by atoms with Gasteiger partial charge in [-0.25, -0.2) is 0 Å². The molecule has 0 bridgehead atoms. The molecule has 0 saturated carbocycles. The van der Waals surface area contributed by atoms with Crippen LogP contribution in [0.1, 0.15) is 39.0 Å². The number of aliphatic hydroxyl groups excluding tert-OH is 1. The minimum Gasteiger partial charge on any atom is -0.396 e. The molecule has 1 aliphatic rings. The first kappa shape index (κ1) is 13.4. The van der Waals surface area contributed by atoms with Crippen molar-refractivity contribution in [3.8, 4) is 0 Å². The maximum atomic E-state index is 11.6. The van der Waals surface area contributed by atoms with Crippen molar-refractivity contribution in [2.75, 3.05) is 20.7 Å². The molecule has 1 aliphatic carbocycles. The molecule has 0 amide bonds. The highest BCUT2D eigenvalue weighted by molar-refractivity contribution is 5.95. The zero-order chi connectivity index (χ0) is 12.2. The SMILES string of the molecule is CCCC1(N(C)C)CC(=O)C=C1CCCO. The maximum absolute atomic E-state index is 11.6. The molecule has 16 heavy (non-hydrogen) atoms. The molecule has 0 heterocycles. The van der Waals surface area contributed by atoms with Gasteiger partial charge < -0.3 is 5.11 Å². The molecule has 3 heteroatoms. The molecule has 1 atom stereocenters. The average Bonchev–Trinajstić information content (AvgIpc) is 2.54. The van der Waals surface area contributed by atoms with Crippen molar-refractivity contribution in [1.29, 1.82) is 0 Å². The monoisotopic (exact) mass is 225 g/mol. The van der Waals surface area contributed by atoms with E-state index in [1.807, 2.05) is 14.1 Å². The van der Waals surface area contributed by atoms with Crippen LogP contribution < -0.4 is 0 Å². The van der Waals surface area contributed by atoms with Crippen LogP contribution in [0.5, 0.6) is 0 Å². The predicted molar refractivity (Wildman–Crippen MR) is 65.4 cm³/mol. The average molecular weight is 225 g/mol. The van der Waals surface area contributed by atoms with Crippen LogP contribution in [-0.4, -0.2) is 42.0 Å². The lowest BCUT2D eigenvalue weighted by atomic mass is 9.83. The lowest BCUT2D eigenvalue weighted by molar-refractivity contribution is -0.115. The van der Waals surface area contributed by atoms with Crippen LogP contribution in [0.4, 0.5) is 0 Å². The van der Waals surface area contributed by atoms with Crippen LogP contribution in [0, 0.1) is 0 Å². The summed E-state index contributed by atoms with van der Waals surface area (Å²) in [6, 6.07) is 0. The van der Waals surface area contributed by atoms with Gasteiger partial charge in [-0.15, -0.1) is 0 Å². The second-order valence-electron chi connectivity index (χ2n) is 4.82.